The van der Waals surface area contributed by atoms with E-state index >= 15 is 0 Å². The Kier molecular flexibility index (Phi) is 3.19. The van der Waals surface area contributed by atoms with E-state index in [0.29, 0.717) is 23.1 Å². The van der Waals surface area contributed by atoms with Gasteiger partial charge in [0.2, 0.25) is 5.95 Å². The minimum atomic E-state index is -0.880. The fourth-order valence-corrected chi connectivity index (χ4v) is 3.45. The summed E-state index contributed by atoms with van der Waals surface area (Å²) in [5, 5.41) is 3.30. The van der Waals surface area contributed by atoms with E-state index in [1.807, 2.05) is 6.07 Å². The van der Waals surface area contributed by atoms with Crippen molar-refractivity contribution in [2.45, 2.75) is 18.8 Å². The maximum absolute atomic E-state index is 14.3. The molecule has 1 aliphatic carbocycles. The minimum absolute atomic E-state index is 0.179. The van der Waals surface area contributed by atoms with Crippen LogP contribution in [0.5, 0.6) is 0 Å². The van der Waals surface area contributed by atoms with Crippen LogP contribution in [0.1, 0.15) is 24.3 Å². The van der Waals surface area contributed by atoms with Crippen LogP contribution in [-0.4, -0.2) is 21.7 Å². The van der Waals surface area contributed by atoms with E-state index in [2.05, 4.69) is 32.8 Å². The van der Waals surface area contributed by atoms with Crippen molar-refractivity contribution in [3.63, 3.8) is 0 Å². The molecule has 132 valence electrons. The van der Waals surface area contributed by atoms with Crippen LogP contribution in [0.3, 0.4) is 0 Å². The normalized spacial score (nSPS) is 14.3. The highest BCUT2D eigenvalue weighted by molar-refractivity contribution is 5.95. The molecule has 0 bridgehead atoms. The first-order chi connectivity index (χ1) is 12.7. The van der Waals surface area contributed by atoms with E-state index in [4.69, 9.17) is 0 Å². The number of imidazole rings is 1. The fourth-order valence-electron chi connectivity index (χ4n) is 3.45. The molecule has 2 heterocycles. The number of H-pyrrole nitrogens is 1. The third-order valence-electron chi connectivity index (χ3n) is 4.93. The Balaban J connectivity index is 1.62. The van der Waals surface area contributed by atoms with Crippen molar-refractivity contribution in [3.05, 3.63) is 53.7 Å². The lowest BCUT2D eigenvalue weighted by atomic mass is 10.1. The van der Waals surface area contributed by atoms with E-state index in [1.54, 1.807) is 17.9 Å². The van der Waals surface area contributed by atoms with Crippen molar-refractivity contribution < 1.29 is 8.78 Å². The van der Waals surface area contributed by atoms with E-state index in [9.17, 15) is 8.78 Å². The second-order valence-corrected chi connectivity index (χ2v) is 6.63. The van der Waals surface area contributed by atoms with E-state index < -0.39 is 11.6 Å². The summed E-state index contributed by atoms with van der Waals surface area (Å²) >= 11 is 0. The number of nitrogens with one attached hydrogen (secondary N) is 3. The average Bonchev–Trinajstić information content (AvgIpc) is 3.33. The van der Waals surface area contributed by atoms with E-state index in [1.165, 1.54) is 24.5 Å². The Labute approximate surface area is 148 Å². The Hall–Kier alpha value is -3.09. The van der Waals surface area contributed by atoms with Crippen molar-refractivity contribution in [2.75, 3.05) is 17.8 Å². The summed E-state index contributed by atoms with van der Waals surface area (Å²) in [5.74, 6) is -0.605. The number of hydrogen-bond donors (Lipinski definition) is 3. The lowest BCUT2D eigenvalue weighted by molar-refractivity contribution is 0.517. The first kappa shape index (κ1) is 15.2. The van der Waals surface area contributed by atoms with Gasteiger partial charge in [-0.15, -0.1) is 0 Å². The molecule has 2 aromatic heterocycles. The molecular weight excluding hydrogens is 336 g/mol. The van der Waals surface area contributed by atoms with Crippen molar-refractivity contribution in [3.8, 4) is 0 Å². The van der Waals surface area contributed by atoms with Gasteiger partial charge in [-0.1, -0.05) is 6.07 Å². The molecule has 0 amide bonds. The highest BCUT2D eigenvalue weighted by Crippen LogP contribution is 2.41. The smallest absolute Gasteiger partial charge is 0.227 e. The molecule has 0 unspecified atom stereocenters. The number of benzene rings is 2. The van der Waals surface area contributed by atoms with Crippen LogP contribution < -0.4 is 10.7 Å². The van der Waals surface area contributed by atoms with Gasteiger partial charge in [-0.2, -0.15) is 0 Å². The molecule has 7 heteroatoms. The van der Waals surface area contributed by atoms with Gasteiger partial charge >= 0.3 is 0 Å². The average molecular weight is 353 g/mol. The van der Waals surface area contributed by atoms with Gasteiger partial charge in [-0.25, -0.2) is 18.4 Å². The zero-order valence-electron chi connectivity index (χ0n) is 14.1. The summed E-state index contributed by atoms with van der Waals surface area (Å²) in [7, 11) is 1.79. The predicted molar refractivity (Wildman–Crippen MR) is 98.5 cm³/mol. The SMILES string of the molecule is CNn1c(Nc2c[nH]c3ccc(F)c(F)c23)nc2cc(C3CC3)ccc21. The van der Waals surface area contributed by atoms with Crippen LogP contribution in [-0.2, 0) is 0 Å². The van der Waals surface area contributed by atoms with Crippen LogP contribution in [0.15, 0.2) is 36.5 Å². The molecule has 0 atom stereocenters. The monoisotopic (exact) mass is 353 g/mol. The molecule has 1 fully saturated rings. The van der Waals surface area contributed by atoms with Gasteiger partial charge in [-0.3, -0.25) is 0 Å². The maximum Gasteiger partial charge on any atom is 0.227 e. The van der Waals surface area contributed by atoms with Gasteiger partial charge in [0.25, 0.3) is 0 Å². The summed E-state index contributed by atoms with van der Waals surface area (Å²) in [6.07, 6.45) is 4.06. The summed E-state index contributed by atoms with van der Waals surface area (Å²) in [6, 6.07) is 8.89. The second kappa shape index (κ2) is 5.45. The van der Waals surface area contributed by atoms with Gasteiger partial charge in [0, 0.05) is 13.2 Å². The number of fused-ring (bicyclic) bond motifs is 2. The number of rotatable bonds is 4. The molecule has 0 radical (unpaired) electrons. The molecule has 0 saturated heterocycles. The lowest BCUT2D eigenvalue weighted by Crippen LogP contribution is -2.12. The number of halogens is 2. The predicted octanol–water partition coefficient (Wildman–Crippen LogP) is 4.59. The largest absolute Gasteiger partial charge is 0.359 e. The van der Waals surface area contributed by atoms with Crippen molar-refractivity contribution in [1.82, 2.24) is 14.6 Å². The van der Waals surface area contributed by atoms with Gasteiger partial charge in [0.15, 0.2) is 11.6 Å². The molecule has 0 spiro atoms. The van der Waals surface area contributed by atoms with Crippen molar-refractivity contribution in [2.24, 2.45) is 0 Å². The molecule has 5 rings (SSSR count). The topological polar surface area (TPSA) is 57.7 Å². The molecule has 2 aromatic carbocycles. The Morgan fingerprint density at radius 3 is 2.81 bits per heavy atom. The van der Waals surface area contributed by atoms with Crippen LogP contribution >= 0.6 is 0 Å². The number of anilines is 2. The van der Waals surface area contributed by atoms with E-state index in [0.717, 1.165) is 17.1 Å². The quantitative estimate of drug-likeness (QED) is 0.503. The lowest BCUT2D eigenvalue weighted by Gasteiger charge is -2.09. The third kappa shape index (κ3) is 2.23. The Morgan fingerprint density at radius 2 is 2.04 bits per heavy atom. The number of nitrogens with zero attached hydrogens (tertiary/aromatic N) is 2. The Morgan fingerprint density at radius 1 is 1.19 bits per heavy atom. The highest BCUT2D eigenvalue weighted by Gasteiger charge is 2.24. The summed E-state index contributed by atoms with van der Waals surface area (Å²) in [4.78, 5) is 7.60. The molecular formula is C19H17F2N5. The summed E-state index contributed by atoms with van der Waals surface area (Å²) in [6.45, 7) is 0. The van der Waals surface area contributed by atoms with Gasteiger partial charge < -0.3 is 15.7 Å². The van der Waals surface area contributed by atoms with Gasteiger partial charge in [0.1, 0.15) is 0 Å². The van der Waals surface area contributed by atoms with E-state index in [-0.39, 0.29) is 5.39 Å². The summed E-state index contributed by atoms with van der Waals surface area (Å²) in [5.41, 5.74) is 7.12. The zero-order valence-corrected chi connectivity index (χ0v) is 14.1. The molecule has 1 aliphatic rings. The Bertz CT molecular complexity index is 1140. The first-order valence-electron chi connectivity index (χ1n) is 8.58. The van der Waals surface area contributed by atoms with Crippen LogP contribution in [0.4, 0.5) is 20.4 Å². The zero-order chi connectivity index (χ0) is 17.8. The molecule has 3 N–H and O–H groups in total. The van der Waals surface area contributed by atoms with Gasteiger partial charge in [0.05, 0.1) is 27.6 Å². The second-order valence-electron chi connectivity index (χ2n) is 6.63. The fraction of sp³-hybridized carbons (Fsp3) is 0.211. The summed E-state index contributed by atoms with van der Waals surface area (Å²) < 4.78 is 29.7. The number of aromatic nitrogens is 3. The third-order valence-corrected chi connectivity index (χ3v) is 4.93. The minimum Gasteiger partial charge on any atom is -0.359 e. The van der Waals surface area contributed by atoms with Crippen molar-refractivity contribution >= 4 is 33.6 Å². The highest BCUT2D eigenvalue weighted by atomic mass is 19.2. The molecule has 1 saturated carbocycles. The molecule has 5 nitrogen and oxygen atoms in total. The van der Waals surface area contributed by atoms with Gasteiger partial charge in [-0.05, 0) is 48.6 Å². The maximum atomic E-state index is 14.3. The van der Waals surface area contributed by atoms with Crippen LogP contribution in [0.2, 0.25) is 0 Å². The molecule has 26 heavy (non-hydrogen) atoms. The van der Waals surface area contributed by atoms with Crippen LogP contribution in [0, 0.1) is 11.6 Å². The number of aromatic amines is 1. The van der Waals surface area contributed by atoms with Crippen LogP contribution in [0.25, 0.3) is 21.9 Å². The molecule has 0 aliphatic heterocycles. The standard InChI is InChI=1S/C19H17F2N5/c1-22-26-16-7-4-11(10-2-3-10)8-14(16)24-19(26)25-15-9-23-13-6-5-12(20)18(21)17(13)15/h4-10,22-23H,2-3H2,1H3,(H,24,25). The number of hydrogen-bond acceptors (Lipinski definition) is 3. The molecule has 4 aromatic rings. The first-order valence-corrected chi connectivity index (χ1v) is 8.58. The van der Waals surface area contributed by atoms with Crippen molar-refractivity contribution in [1.29, 1.82) is 0 Å².